The first kappa shape index (κ1) is 19.6. The van der Waals surface area contributed by atoms with Crippen LogP contribution < -0.4 is 5.56 Å². The number of hydrogen-bond donors (Lipinski definition) is 1. The highest BCUT2D eigenvalue weighted by molar-refractivity contribution is 7.98. The molecule has 6 heteroatoms. The van der Waals surface area contributed by atoms with Gasteiger partial charge in [-0.1, -0.05) is 54.2 Å². The van der Waals surface area contributed by atoms with Crippen molar-refractivity contribution in [3.63, 3.8) is 0 Å². The highest BCUT2D eigenvalue weighted by Crippen LogP contribution is 2.29. The summed E-state index contributed by atoms with van der Waals surface area (Å²) in [4.78, 5) is 21.8. The van der Waals surface area contributed by atoms with Gasteiger partial charge in [0.05, 0.1) is 5.69 Å². The molecule has 4 nitrogen and oxygen atoms in total. The van der Waals surface area contributed by atoms with E-state index < -0.39 is 0 Å². The third-order valence-electron chi connectivity index (χ3n) is 5.59. The Kier molecular flexibility index (Phi) is 4.87. The van der Waals surface area contributed by atoms with E-state index in [1.165, 1.54) is 23.9 Å². The summed E-state index contributed by atoms with van der Waals surface area (Å²) in [6.07, 6.45) is 0. The fourth-order valence-corrected chi connectivity index (χ4v) is 4.71. The second-order valence-corrected chi connectivity index (χ2v) is 8.51. The topological polar surface area (TPSA) is 50.7 Å². The van der Waals surface area contributed by atoms with Gasteiger partial charge >= 0.3 is 0 Å². The zero-order valence-corrected chi connectivity index (χ0v) is 18.0. The molecule has 0 saturated carbocycles. The second-order valence-electron chi connectivity index (χ2n) is 7.56. The maximum Gasteiger partial charge on any atom is 0.283 e. The van der Waals surface area contributed by atoms with Gasteiger partial charge in [-0.05, 0) is 54.8 Å². The highest BCUT2D eigenvalue weighted by atomic mass is 32.2. The van der Waals surface area contributed by atoms with E-state index in [1.54, 1.807) is 16.7 Å². The van der Waals surface area contributed by atoms with Crippen LogP contribution in [0.5, 0.6) is 0 Å². The van der Waals surface area contributed by atoms with Gasteiger partial charge in [0, 0.05) is 16.7 Å². The van der Waals surface area contributed by atoms with E-state index in [9.17, 15) is 9.18 Å². The monoisotopic (exact) mass is 429 g/mol. The molecule has 0 fully saturated rings. The summed E-state index contributed by atoms with van der Waals surface area (Å²) >= 11 is 1.47. The van der Waals surface area contributed by atoms with Crippen molar-refractivity contribution in [2.45, 2.75) is 24.8 Å². The summed E-state index contributed by atoms with van der Waals surface area (Å²) in [5.41, 5.74) is 5.84. The van der Waals surface area contributed by atoms with E-state index in [0.29, 0.717) is 21.9 Å². The number of H-pyrrole nitrogens is 1. The van der Waals surface area contributed by atoms with Crippen LogP contribution in [0.1, 0.15) is 16.7 Å². The summed E-state index contributed by atoms with van der Waals surface area (Å²) in [5, 5.41) is 1.53. The molecule has 1 N–H and O–H groups in total. The summed E-state index contributed by atoms with van der Waals surface area (Å²) in [5.74, 6) is 0.310. The zero-order chi connectivity index (χ0) is 21.5. The third kappa shape index (κ3) is 3.43. The normalized spacial score (nSPS) is 11.5. The van der Waals surface area contributed by atoms with Crippen LogP contribution in [0.25, 0.3) is 27.6 Å². The van der Waals surface area contributed by atoms with Crippen LogP contribution in [0.4, 0.5) is 4.39 Å². The molecule has 0 aliphatic carbocycles. The van der Waals surface area contributed by atoms with Crippen LogP contribution in [-0.4, -0.2) is 14.5 Å². The molecule has 0 spiro atoms. The molecule has 154 valence electrons. The quantitative estimate of drug-likeness (QED) is 0.285. The van der Waals surface area contributed by atoms with Crippen LogP contribution >= 0.6 is 11.8 Å². The number of aromatic nitrogens is 3. The minimum atomic E-state index is -0.264. The molecule has 0 radical (unpaired) electrons. The number of nitrogens with one attached hydrogen (secondary N) is 1. The first-order valence-corrected chi connectivity index (χ1v) is 11.0. The molecule has 5 rings (SSSR count). The summed E-state index contributed by atoms with van der Waals surface area (Å²) in [6.45, 7) is 4.05. The van der Waals surface area contributed by atoms with E-state index in [2.05, 4.69) is 4.98 Å². The molecule has 0 amide bonds. The lowest BCUT2D eigenvalue weighted by atomic mass is 10.1. The van der Waals surface area contributed by atoms with Crippen molar-refractivity contribution in [2.24, 2.45) is 0 Å². The molecule has 5 aromatic rings. The maximum absolute atomic E-state index is 13.7. The number of hydrogen-bond acceptors (Lipinski definition) is 3. The molecule has 0 saturated heterocycles. The first-order valence-electron chi connectivity index (χ1n) is 10.0. The van der Waals surface area contributed by atoms with Gasteiger partial charge in [0.25, 0.3) is 5.56 Å². The summed E-state index contributed by atoms with van der Waals surface area (Å²) in [7, 11) is 0. The average Bonchev–Trinajstić information content (AvgIpc) is 3.15. The van der Waals surface area contributed by atoms with Gasteiger partial charge in [-0.2, -0.15) is 0 Å². The van der Waals surface area contributed by atoms with E-state index >= 15 is 0 Å². The minimum absolute atomic E-state index is 0.128. The Balaban J connectivity index is 1.74. The Morgan fingerprint density at radius 1 is 1.00 bits per heavy atom. The zero-order valence-electron chi connectivity index (χ0n) is 17.1. The van der Waals surface area contributed by atoms with E-state index in [0.717, 1.165) is 33.3 Å². The molecular formula is C25H20FN3OS. The smallest absolute Gasteiger partial charge is 0.283 e. The number of halogens is 1. The number of benzene rings is 3. The predicted octanol–water partition coefficient (Wildman–Crippen LogP) is 5.92. The van der Waals surface area contributed by atoms with Crippen molar-refractivity contribution in [1.29, 1.82) is 0 Å². The third-order valence-corrected chi connectivity index (χ3v) is 6.60. The van der Waals surface area contributed by atoms with Gasteiger partial charge in [-0.25, -0.2) is 9.37 Å². The lowest BCUT2D eigenvalue weighted by Gasteiger charge is -2.15. The fourth-order valence-electron chi connectivity index (χ4n) is 3.76. The standard InChI is InChI=1S/C25H20FN3OS/c1-15-6-5-9-21(16(15)2)29-24(30)23-22(19-7-3-4-8-20(19)27-23)28-25(29)31-14-17-10-12-18(26)13-11-17/h3-13,27H,14H2,1-2H3. The van der Waals surface area contributed by atoms with E-state index in [4.69, 9.17) is 4.98 Å². The second kappa shape index (κ2) is 7.71. The van der Waals surface area contributed by atoms with E-state index in [1.807, 2.05) is 56.3 Å². The number of para-hydroxylation sites is 1. The lowest BCUT2D eigenvalue weighted by molar-refractivity contribution is 0.627. The van der Waals surface area contributed by atoms with E-state index in [-0.39, 0.29) is 11.4 Å². The van der Waals surface area contributed by atoms with Crippen LogP contribution in [-0.2, 0) is 5.75 Å². The van der Waals surface area contributed by atoms with Crippen LogP contribution in [0.3, 0.4) is 0 Å². The fraction of sp³-hybridized carbons (Fsp3) is 0.120. The Labute approximate surface area is 182 Å². The van der Waals surface area contributed by atoms with Gasteiger partial charge < -0.3 is 4.98 Å². The van der Waals surface area contributed by atoms with Crippen molar-refractivity contribution in [1.82, 2.24) is 14.5 Å². The largest absolute Gasteiger partial charge is 0.349 e. The van der Waals surface area contributed by atoms with Crippen molar-refractivity contribution < 1.29 is 4.39 Å². The number of aryl methyl sites for hydroxylation is 1. The van der Waals surface area contributed by atoms with Crippen LogP contribution in [0.15, 0.2) is 76.7 Å². The lowest BCUT2D eigenvalue weighted by Crippen LogP contribution is -2.22. The predicted molar refractivity (Wildman–Crippen MR) is 125 cm³/mol. The first-order chi connectivity index (χ1) is 15.0. The SMILES string of the molecule is Cc1cccc(-n2c(SCc3ccc(F)cc3)nc3c([nH]c4ccccc43)c2=O)c1C. The molecule has 2 heterocycles. The van der Waals surface area contributed by atoms with Crippen LogP contribution in [0.2, 0.25) is 0 Å². The molecule has 0 aliphatic heterocycles. The summed E-state index contributed by atoms with van der Waals surface area (Å²) < 4.78 is 15.0. The van der Waals surface area contributed by atoms with Crippen molar-refractivity contribution >= 4 is 33.7 Å². The number of thioether (sulfide) groups is 1. The molecule has 2 aromatic heterocycles. The molecule has 3 aromatic carbocycles. The van der Waals surface area contributed by atoms with Crippen molar-refractivity contribution in [2.75, 3.05) is 0 Å². The molecule has 31 heavy (non-hydrogen) atoms. The van der Waals surface area contributed by atoms with Gasteiger partial charge in [-0.15, -0.1) is 0 Å². The average molecular weight is 430 g/mol. The minimum Gasteiger partial charge on any atom is -0.349 e. The Morgan fingerprint density at radius 3 is 2.58 bits per heavy atom. The molecular weight excluding hydrogens is 409 g/mol. The molecule has 0 atom stereocenters. The maximum atomic E-state index is 13.7. The van der Waals surface area contributed by atoms with Crippen molar-refractivity contribution in [3.05, 3.63) is 99.6 Å². The Morgan fingerprint density at radius 2 is 1.77 bits per heavy atom. The van der Waals surface area contributed by atoms with Gasteiger partial charge in [0.1, 0.15) is 16.9 Å². The van der Waals surface area contributed by atoms with Gasteiger partial charge in [0.2, 0.25) is 0 Å². The van der Waals surface area contributed by atoms with Crippen molar-refractivity contribution in [3.8, 4) is 5.69 Å². The Hall–Kier alpha value is -3.38. The molecule has 0 bridgehead atoms. The van der Waals surface area contributed by atoms with Gasteiger partial charge in [0.15, 0.2) is 5.16 Å². The number of aromatic amines is 1. The number of rotatable bonds is 4. The number of fused-ring (bicyclic) bond motifs is 3. The van der Waals surface area contributed by atoms with Gasteiger partial charge in [-0.3, -0.25) is 9.36 Å². The number of nitrogens with zero attached hydrogens (tertiary/aromatic N) is 2. The summed E-state index contributed by atoms with van der Waals surface area (Å²) in [6, 6.07) is 20.1. The molecule has 0 aliphatic rings. The highest BCUT2D eigenvalue weighted by Gasteiger charge is 2.18. The van der Waals surface area contributed by atoms with Crippen LogP contribution in [0, 0.1) is 19.7 Å². The molecule has 0 unspecified atom stereocenters. The Bertz CT molecular complexity index is 1490.